The van der Waals surface area contributed by atoms with Gasteiger partial charge in [0.05, 0.1) is 11.4 Å². The summed E-state index contributed by atoms with van der Waals surface area (Å²) in [7, 11) is 0. The number of nitrogens with one attached hydrogen (secondary N) is 1. The molecular formula is C21H27N3O2. The van der Waals surface area contributed by atoms with Crippen molar-refractivity contribution in [2.45, 2.75) is 46.1 Å². The highest BCUT2D eigenvalue weighted by atomic mass is 16.6. The van der Waals surface area contributed by atoms with Gasteiger partial charge in [-0.1, -0.05) is 35.9 Å². The molecular weight excluding hydrogens is 326 g/mol. The van der Waals surface area contributed by atoms with Crippen LogP contribution in [0.2, 0.25) is 0 Å². The molecule has 1 amide bonds. The highest BCUT2D eigenvalue weighted by molar-refractivity contribution is 5.81. The van der Waals surface area contributed by atoms with E-state index in [-0.39, 0.29) is 6.09 Å². The number of likely N-dealkylation sites (tertiary alicyclic amines) is 1. The van der Waals surface area contributed by atoms with E-state index < -0.39 is 5.60 Å². The fourth-order valence-corrected chi connectivity index (χ4v) is 3.24. The SMILES string of the molecule is Cc1cc(C(=C2CCN(C(=O)OC(C)(C)C)CC2)c2ccccc2)[nH]n1. The van der Waals surface area contributed by atoms with Gasteiger partial charge >= 0.3 is 6.09 Å². The van der Waals surface area contributed by atoms with Crippen LogP contribution in [0.25, 0.3) is 5.57 Å². The molecule has 0 bridgehead atoms. The number of piperidine rings is 1. The standard InChI is InChI=1S/C21H27N3O2/c1-15-14-18(23-22-15)19(16-8-6-5-7-9-16)17-10-12-24(13-11-17)20(25)26-21(2,3)4/h5-9,14H,10-13H2,1-4H3,(H,22,23). The normalized spacial score (nSPS) is 15.1. The maximum absolute atomic E-state index is 12.3. The highest BCUT2D eigenvalue weighted by Gasteiger charge is 2.26. The molecule has 138 valence electrons. The summed E-state index contributed by atoms with van der Waals surface area (Å²) >= 11 is 0. The van der Waals surface area contributed by atoms with Gasteiger partial charge in [-0.25, -0.2) is 4.79 Å². The van der Waals surface area contributed by atoms with Crippen molar-refractivity contribution in [1.29, 1.82) is 0 Å². The number of rotatable bonds is 2. The topological polar surface area (TPSA) is 58.2 Å². The largest absolute Gasteiger partial charge is 0.444 e. The lowest BCUT2D eigenvalue weighted by atomic mass is 9.91. The summed E-state index contributed by atoms with van der Waals surface area (Å²) < 4.78 is 5.50. The van der Waals surface area contributed by atoms with Crippen molar-refractivity contribution in [2.75, 3.05) is 13.1 Å². The Balaban J connectivity index is 1.84. The van der Waals surface area contributed by atoms with Crippen molar-refractivity contribution in [1.82, 2.24) is 15.1 Å². The molecule has 0 radical (unpaired) electrons. The van der Waals surface area contributed by atoms with Crippen LogP contribution >= 0.6 is 0 Å². The molecule has 26 heavy (non-hydrogen) atoms. The van der Waals surface area contributed by atoms with Crippen LogP contribution in [0.5, 0.6) is 0 Å². The second-order valence-electron chi connectivity index (χ2n) is 7.73. The third-order valence-electron chi connectivity index (χ3n) is 4.41. The molecule has 0 spiro atoms. The van der Waals surface area contributed by atoms with E-state index in [1.54, 1.807) is 4.90 Å². The predicted octanol–water partition coefficient (Wildman–Crippen LogP) is 4.55. The number of carbonyl (C=O) groups excluding carboxylic acids is 1. The Bertz CT molecular complexity index is 790. The van der Waals surface area contributed by atoms with Crippen molar-refractivity contribution in [3.63, 3.8) is 0 Å². The van der Waals surface area contributed by atoms with Gasteiger partial charge in [-0.15, -0.1) is 0 Å². The average molecular weight is 353 g/mol. The molecule has 3 rings (SSSR count). The zero-order valence-corrected chi connectivity index (χ0v) is 16.0. The first kappa shape index (κ1) is 18.2. The molecule has 0 saturated carbocycles. The van der Waals surface area contributed by atoms with Crippen LogP contribution in [0.15, 0.2) is 42.0 Å². The number of hydrogen-bond acceptors (Lipinski definition) is 3. The van der Waals surface area contributed by atoms with Gasteiger partial charge in [0.25, 0.3) is 0 Å². The Morgan fingerprint density at radius 1 is 1.15 bits per heavy atom. The van der Waals surface area contributed by atoms with Crippen molar-refractivity contribution in [3.8, 4) is 0 Å². The molecule has 1 aromatic heterocycles. The molecule has 5 nitrogen and oxygen atoms in total. The molecule has 1 saturated heterocycles. The molecule has 2 aromatic rings. The Morgan fingerprint density at radius 2 is 1.81 bits per heavy atom. The predicted molar refractivity (Wildman–Crippen MR) is 103 cm³/mol. The summed E-state index contributed by atoms with van der Waals surface area (Å²) in [6.45, 7) is 9.02. The van der Waals surface area contributed by atoms with Gasteiger partial charge < -0.3 is 9.64 Å². The summed E-state index contributed by atoms with van der Waals surface area (Å²) in [6.07, 6.45) is 1.44. The molecule has 0 unspecified atom stereocenters. The van der Waals surface area contributed by atoms with Gasteiger partial charge in [-0.05, 0) is 52.2 Å². The Hall–Kier alpha value is -2.56. The van der Waals surface area contributed by atoms with Crippen LogP contribution in [-0.2, 0) is 4.74 Å². The zero-order chi connectivity index (χ0) is 18.7. The van der Waals surface area contributed by atoms with E-state index in [1.165, 1.54) is 16.7 Å². The third kappa shape index (κ3) is 4.34. The Morgan fingerprint density at radius 3 is 2.35 bits per heavy atom. The van der Waals surface area contributed by atoms with E-state index in [0.29, 0.717) is 13.1 Å². The van der Waals surface area contributed by atoms with Gasteiger partial charge in [0.1, 0.15) is 5.60 Å². The van der Waals surface area contributed by atoms with E-state index >= 15 is 0 Å². The van der Waals surface area contributed by atoms with Crippen LogP contribution in [0, 0.1) is 6.92 Å². The molecule has 1 aliphatic rings. The van der Waals surface area contributed by atoms with Crippen molar-refractivity contribution in [3.05, 3.63) is 58.9 Å². The summed E-state index contributed by atoms with van der Waals surface area (Å²) in [5.74, 6) is 0. The molecule has 1 fully saturated rings. The molecule has 1 N–H and O–H groups in total. The van der Waals surface area contributed by atoms with Gasteiger partial charge in [0.2, 0.25) is 0 Å². The first-order valence-electron chi connectivity index (χ1n) is 9.11. The zero-order valence-electron chi connectivity index (χ0n) is 16.0. The summed E-state index contributed by atoms with van der Waals surface area (Å²) in [5.41, 5.74) is 5.27. The van der Waals surface area contributed by atoms with E-state index in [9.17, 15) is 4.79 Å². The van der Waals surface area contributed by atoms with Gasteiger partial charge in [-0.2, -0.15) is 5.10 Å². The lowest BCUT2D eigenvalue weighted by molar-refractivity contribution is 0.0236. The second-order valence-corrected chi connectivity index (χ2v) is 7.73. The number of aromatic amines is 1. The van der Waals surface area contributed by atoms with E-state index in [0.717, 1.165) is 24.2 Å². The monoisotopic (exact) mass is 353 g/mol. The van der Waals surface area contributed by atoms with Crippen molar-refractivity contribution in [2.24, 2.45) is 0 Å². The third-order valence-corrected chi connectivity index (χ3v) is 4.41. The number of aryl methyl sites for hydroxylation is 1. The van der Waals surface area contributed by atoms with Crippen LogP contribution in [0.3, 0.4) is 0 Å². The molecule has 0 aliphatic carbocycles. The molecule has 1 aliphatic heterocycles. The number of ether oxygens (including phenoxy) is 1. The first-order chi connectivity index (χ1) is 12.3. The number of H-pyrrole nitrogens is 1. The average Bonchev–Trinajstić information content (AvgIpc) is 3.01. The van der Waals surface area contributed by atoms with Gasteiger partial charge in [-0.3, -0.25) is 5.10 Å². The second kappa shape index (κ2) is 7.36. The Kier molecular flexibility index (Phi) is 5.16. The van der Waals surface area contributed by atoms with Crippen LogP contribution in [0.4, 0.5) is 4.79 Å². The van der Waals surface area contributed by atoms with Crippen LogP contribution < -0.4 is 0 Å². The summed E-state index contributed by atoms with van der Waals surface area (Å²) in [6, 6.07) is 12.5. The minimum Gasteiger partial charge on any atom is -0.444 e. The van der Waals surface area contributed by atoms with Crippen LogP contribution in [0.1, 0.15) is 50.6 Å². The molecule has 0 atom stereocenters. The van der Waals surface area contributed by atoms with Crippen LogP contribution in [-0.4, -0.2) is 39.9 Å². The van der Waals surface area contributed by atoms with Crippen molar-refractivity contribution < 1.29 is 9.53 Å². The number of carbonyl (C=O) groups is 1. The minimum atomic E-state index is -0.462. The van der Waals surface area contributed by atoms with Gasteiger partial charge in [0.15, 0.2) is 0 Å². The van der Waals surface area contributed by atoms with E-state index in [1.807, 2.05) is 33.8 Å². The first-order valence-corrected chi connectivity index (χ1v) is 9.11. The fourth-order valence-electron chi connectivity index (χ4n) is 3.24. The van der Waals surface area contributed by atoms with E-state index in [2.05, 4.69) is 40.5 Å². The number of nitrogens with zero attached hydrogens (tertiary/aromatic N) is 2. The molecule has 5 heteroatoms. The Labute approximate surface area is 155 Å². The van der Waals surface area contributed by atoms with Crippen molar-refractivity contribution >= 4 is 11.7 Å². The summed E-state index contributed by atoms with van der Waals surface area (Å²) in [4.78, 5) is 14.1. The number of amides is 1. The number of hydrogen-bond donors (Lipinski definition) is 1. The highest BCUT2D eigenvalue weighted by Crippen LogP contribution is 2.32. The minimum absolute atomic E-state index is 0.227. The number of benzene rings is 1. The molecule has 1 aromatic carbocycles. The lowest BCUT2D eigenvalue weighted by Gasteiger charge is -2.32. The maximum atomic E-state index is 12.3. The lowest BCUT2D eigenvalue weighted by Crippen LogP contribution is -2.40. The molecule has 2 heterocycles. The maximum Gasteiger partial charge on any atom is 0.410 e. The smallest absolute Gasteiger partial charge is 0.410 e. The number of aromatic nitrogens is 2. The quantitative estimate of drug-likeness (QED) is 0.861. The van der Waals surface area contributed by atoms with E-state index in [4.69, 9.17) is 4.74 Å². The van der Waals surface area contributed by atoms with Gasteiger partial charge in [0, 0.05) is 18.7 Å². The fraction of sp³-hybridized carbons (Fsp3) is 0.429. The summed E-state index contributed by atoms with van der Waals surface area (Å²) in [5, 5.41) is 7.45.